The third-order valence-electron chi connectivity index (χ3n) is 10.0. The highest BCUT2D eigenvalue weighted by Gasteiger charge is 2.49. The number of hydrogen-bond donors (Lipinski definition) is 0. The van der Waals surface area contributed by atoms with Crippen LogP contribution in [0, 0.1) is 17.1 Å². The minimum atomic E-state index is -3.89. The lowest BCUT2D eigenvalue weighted by atomic mass is 9.79. The molecule has 0 N–H and O–H groups in total. The average molecular weight is 609 g/mol. The molecular formula is C33H38ClFN4O2S. The first kappa shape index (κ1) is 29.3. The van der Waals surface area contributed by atoms with Crippen LogP contribution in [0.2, 0.25) is 5.02 Å². The molecule has 1 aromatic heterocycles. The summed E-state index contributed by atoms with van der Waals surface area (Å²) < 4.78 is 44.3. The topological polar surface area (TPSA) is 79.0 Å². The van der Waals surface area contributed by atoms with Crippen molar-refractivity contribution in [3.05, 3.63) is 81.4 Å². The predicted molar refractivity (Wildman–Crippen MR) is 162 cm³/mol. The fourth-order valence-electron chi connectivity index (χ4n) is 7.71. The van der Waals surface area contributed by atoms with E-state index < -0.39 is 20.4 Å². The van der Waals surface area contributed by atoms with Gasteiger partial charge in [0.05, 0.1) is 27.2 Å². The van der Waals surface area contributed by atoms with Crippen molar-refractivity contribution < 1.29 is 12.8 Å². The van der Waals surface area contributed by atoms with Gasteiger partial charge in [-0.15, -0.1) is 0 Å². The minimum absolute atomic E-state index is 0.0212. The Morgan fingerprint density at radius 1 is 1.05 bits per heavy atom. The van der Waals surface area contributed by atoms with Gasteiger partial charge in [-0.25, -0.2) is 12.8 Å². The molecule has 3 heterocycles. The number of likely N-dealkylation sites (tertiary alicyclic amines) is 1. The number of nitriles is 1. The Balaban J connectivity index is 1.21. The Labute approximate surface area is 253 Å². The third kappa shape index (κ3) is 5.08. The summed E-state index contributed by atoms with van der Waals surface area (Å²) in [6, 6.07) is 12.8. The lowest BCUT2D eigenvalue weighted by molar-refractivity contribution is 0.111. The molecule has 1 saturated carbocycles. The normalized spacial score (nSPS) is 23.8. The van der Waals surface area contributed by atoms with Crippen LogP contribution in [0.1, 0.15) is 92.3 Å². The van der Waals surface area contributed by atoms with Gasteiger partial charge in [0.15, 0.2) is 9.84 Å². The largest absolute Gasteiger partial charge is 0.300 e. The second-order valence-corrected chi connectivity index (χ2v) is 14.8. The molecule has 1 saturated heterocycles. The molecule has 6 rings (SSSR count). The maximum absolute atomic E-state index is 14.7. The highest BCUT2D eigenvalue weighted by molar-refractivity contribution is 7.92. The van der Waals surface area contributed by atoms with Crippen LogP contribution in [0.15, 0.2) is 47.4 Å². The van der Waals surface area contributed by atoms with E-state index in [4.69, 9.17) is 16.7 Å². The molecule has 42 heavy (non-hydrogen) atoms. The van der Waals surface area contributed by atoms with Gasteiger partial charge in [-0.2, -0.15) is 10.4 Å². The maximum Gasteiger partial charge on any atom is 0.188 e. The first-order chi connectivity index (χ1) is 20.3. The quantitative estimate of drug-likeness (QED) is 0.303. The van der Waals surface area contributed by atoms with Crippen molar-refractivity contribution in [2.75, 3.05) is 13.1 Å². The molecule has 1 aliphatic carbocycles. The van der Waals surface area contributed by atoms with Crippen LogP contribution in [0.5, 0.6) is 0 Å². The van der Waals surface area contributed by atoms with Crippen LogP contribution in [-0.2, 0) is 34.0 Å². The summed E-state index contributed by atoms with van der Waals surface area (Å²) in [5.74, 6) is -0.0731. The smallest absolute Gasteiger partial charge is 0.188 e. The molecule has 3 aliphatic rings. The number of fused-ring (bicyclic) bond motifs is 1. The van der Waals surface area contributed by atoms with Gasteiger partial charge < -0.3 is 4.90 Å². The minimum Gasteiger partial charge on any atom is -0.300 e. The van der Waals surface area contributed by atoms with Gasteiger partial charge in [0.1, 0.15) is 10.6 Å². The molecule has 9 heteroatoms. The maximum atomic E-state index is 14.7. The second-order valence-electron chi connectivity index (χ2n) is 12.1. The van der Waals surface area contributed by atoms with Crippen molar-refractivity contribution in [3.63, 3.8) is 0 Å². The summed E-state index contributed by atoms with van der Waals surface area (Å²) in [6.07, 6.45) is 8.98. The number of halogens is 2. The zero-order chi connectivity index (χ0) is 29.5. The zero-order valence-corrected chi connectivity index (χ0v) is 25.7. The van der Waals surface area contributed by atoms with Gasteiger partial charge in [0, 0.05) is 18.3 Å². The Morgan fingerprint density at radius 2 is 1.76 bits per heavy atom. The van der Waals surface area contributed by atoms with Crippen LogP contribution < -0.4 is 0 Å². The van der Waals surface area contributed by atoms with Gasteiger partial charge in [-0.05, 0) is 131 Å². The number of aryl methyl sites for hydroxylation is 2. The first-order valence-corrected chi connectivity index (χ1v) is 17.2. The lowest BCUT2D eigenvalue weighted by Crippen LogP contribution is -2.48. The Hall–Kier alpha value is -2.73. The van der Waals surface area contributed by atoms with E-state index in [2.05, 4.69) is 16.5 Å². The molecule has 2 aromatic carbocycles. The van der Waals surface area contributed by atoms with E-state index in [1.807, 2.05) is 6.07 Å². The molecular weight excluding hydrogens is 571 g/mol. The highest BCUT2D eigenvalue weighted by Crippen LogP contribution is 2.49. The van der Waals surface area contributed by atoms with Crippen molar-refractivity contribution in [2.45, 2.75) is 99.3 Å². The van der Waals surface area contributed by atoms with E-state index in [1.165, 1.54) is 66.2 Å². The van der Waals surface area contributed by atoms with E-state index >= 15 is 0 Å². The van der Waals surface area contributed by atoms with Gasteiger partial charge in [0.2, 0.25) is 0 Å². The molecule has 0 amide bonds. The van der Waals surface area contributed by atoms with Crippen molar-refractivity contribution in [2.24, 2.45) is 0 Å². The average Bonchev–Trinajstić information content (AvgIpc) is 3.41. The number of nitrogens with zero attached hydrogens (tertiary/aromatic N) is 4. The number of piperidine rings is 1. The summed E-state index contributed by atoms with van der Waals surface area (Å²) in [4.78, 5) is 2.71. The second kappa shape index (κ2) is 11.7. The Bertz CT molecular complexity index is 1600. The fourth-order valence-corrected chi connectivity index (χ4v) is 9.99. The van der Waals surface area contributed by atoms with E-state index in [0.717, 1.165) is 45.3 Å². The summed E-state index contributed by atoms with van der Waals surface area (Å²) in [6.45, 7) is 5.23. The van der Waals surface area contributed by atoms with Gasteiger partial charge in [-0.3, -0.25) is 4.68 Å². The van der Waals surface area contributed by atoms with Crippen molar-refractivity contribution in [3.8, 4) is 6.07 Å². The van der Waals surface area contributed by atoms with Gasteiger partial charge in [0.25, 0.3) is 0 Å². The van der Waals surface area contributed by atoms with Crippen LogP contribution in [0.25, 0.3) is 0 Å². The zero-order valence-electron chi connectivity index (χ0n) is 24.2. The molecule has 2 fully saturated rings. The molecule has 0 atom stereocenters. The van der Waals surface area contributed by atoms with Crippen LogP contribution in [0.4, 0.5) is 4.39 Å². The lowest BCUT2D eigenvalue weighted by Gasteiger charge is -2.45. The predicted octanol–water partition coefficient (Wildman–Crippen LogP) is 6.94. The SMILES string of the molecule is CCc1nn2c(c1C1CCN(C3CCC(c4ccc(Cl)c(F)c4)(S(=O)(=O)c4ccc(C#N)cc4)CC3)CC1)CCCC2. The molecule has 3 aromatic rings. The van der Waals surface area contributed by atoms with Crippen molar-refractivity contribution in [1.82, 2.24) is 14.7 Å². The molecule has 222 valence electrons. The molecule has 0 bridgehead atoms. The van der Waals surface area contributed by atoms with Crippen LogP contribution in [0.3, 0.4) is 0 Å². The molecule has 2 aliphatic heterocycles. The molecule has 0 radical (unpaired) electrons. The van der Waals surface area contributed by atoms with E-state index in [1.54, 1.807) is 6.07 Å². The summed E-state index contributed by atoms with van der Waals surface area (Å²) in [5.41, 5.74) is 5.09. The Morgan fingerprint density at radius 3 is 2.40 bits per heavy atom. The third-order valence-corrected chi connectivity index (χ3v) is 12.9. The number of sulfone groups is 1. The van der Waals surface area contributed by atoms with Crippen molar-refractivity contribution in [1.29, 1.82) is 5.26 Å². The first-order valence-electron chi connectivity index (χ1n) is 15.3. The number of hydrogen-bond acceptors (Lipinski definition) is 5. The molecule has 6 nitrogen and oxygen atoms in total. The summed E-state index contributed by atoms with van der Waals surface area (Å²) in [5, 5.41) is 14.1. The van der Waals surface area contributed by atoms with E-state index in [0.29, 0.717) is 48.8 Å². The monoisotopic (exact) mass is 608 g/mol. The highest BCUT2D eigenvalue weighted by atomic mass is 35.5. The molecule has 0 unspecified atom stereocenters. The Kier molecular flexibility index (Phi) is 8.21. The number of aromatic nitrogens is 2. The van der Waals surface area contributed by atoms with Crippen molar-refractivity contribution >= 4 is 21.4 Å². The van der Waals surface area contributed by atoms with Crippen LogP contribution >= 0.6 is 11.6 Å². The van der Waals surface area contributed by atoms with E-state index in [9.17, 15) is 18.1 Å². The molecule has 0 spiro atoms. The van der Waals surface area contributed by atoms with Gasteiger partial charge in [-0.1, -0.05) is 24.6 Å². The van der Waals surface area contributed by atoms with Crippen LogP contribution in [-0.4, -0.2) is 42.2 Å². The van der Waals surface area contributed by atoms with Gasteiger partial charge >= 0.3 is 0 Å². The standard InChI is InChI=1S/C33H38ClFN4O2S/c1-2-30-32(31-5-3-4-18-39(31)37-30)24-14-19-38(20-15-24)26-12-16-33(17-13-26,25-8-11-28(34)29(35)21-25)42(40,41)27-9-6-23(22-36)7-10-27/h6-11,21,24,26H,2-5,12-20H2,1H3. The number of benzene rings is 2. The fraction of sp³-hybridized carbons (Fsp3) is 0.515. The number of rotatable bonds is 6. The van der Waals surface area contributed by atoms with E-state index in [-0.39, 0.29) is 9.92 Å². The summed E-state index contributed by atoms with van der Waals surface area (Å²) in [7, 11) is -3.89. The summed E-state index contributed by atoms with van der Waals surface area (Å²) >= 11 is 5.99.